The monoisotopic (exact) mass is 432 g/mol. The maximum Gasteiger partial charge on any atom is 0.243 e. The topological polar surface area (TPSA) is 130 Å². The Morgan fingerprint density at radius 3 is 2.50 bits per heavy atom. The highest BCUT2D eigenvalue weighted by molar-refractivity contribution is 7.89. The lowest BCUT2D eigenvalue weighted by atomic mass is 9.87. The molecule has 1 aliphatic carbocycles. The van der Waals surface area contributed by atoms with Gasteiger partial charge in [-0.1, -0.05) is 25.3 Å². The molecule has 0 heterocycles. The van der Waals surface area contributed by atoms with E-state index in [0.29, 0.717) is 18.0 Å². The summed E-state index contributed by atoms with van der Waals surface area (Å²) in [6.45, 7) is 0.177. The number of benzene rings is 1. The van der Waals surface area contributed by atoms with Crippen molar-refractivity contribution < 1.29 is 18.0 Å². The highest BCUT2D eigenvalue weighted by Gasteiger charge is 2.18. The van der Waals surface area contributed by atoms with E-state index in [1.54, 1.807) is 6.07 Å². The fraction of sp³-hybridized carbons (Fsp3) is 0.556. The van der Waals surface area contributed by atoms with Crippen LogP contribution in [0.1, 0.15) is 38.5 Å². The Bertz CT molecular complexity index is 752. The number of amides is 2. The molecule has 28 heavy (non-hydrogen) atoms. The number of carbonyl (C=O) groups excluding carboxylic acids is 2. The van der Waals surface area contributed by atoms with Crippen LogP contribution in [0.15, 0.2) is 29.2 Å². The van der Waals surface area contributed by atoms with Crippen LogP contribution >= 0.6 is 12.4 Å². The highest BCUT2D eigenvalue weighted by Crippen LogP contribution is 2.26. The molecule has 1 aromatic carbocycles. The van der Waals surface area contributed by atoms with Crippen LogP contribution in [0.25, 0.3) is 0 Å². The molecular formula is C18H29ClN4O4S. The molecule has 0 radical (unpaired) electrons. The van der Waals surface area contributed by atoms with Gasteiger partial charge in [0.1, 0.15) is 0 Å². The molecular weight excluding hydrogens is 404 g/mol. The van der Waals surface area contributed by atoms with Gasteiger partial charge in [-0.2, -0.15) is 0 Å². The summed E-state index contributed by atoms with van der Waals surface area (Å²) in [6.07, 6.45) is 6.15. The second kappa shape index (κ2) is 12.0. The standard InChI is InChI=1S/C18H28N4O4S.ClH/c19-9-10-21-27(25,26)16-8-4-7-15(12-16)22-18(24)13-20-17(23)11-14-5-2-1-3-6-14;/h4,7-8,12,14,21H,1-3,5-6,9-11,13,19H2,(H,20,23)(H,22,24);1H. The van der Waals surface area contributed by atoms with Gasteiger partial charge in [-0.3, -0.25) is 9.59 Å². The Balaban J connectivity index is 0.00000392. The molecule has 0 unspecified atom stereocenters. The molecule has 1 aromatic rings. The number of sulfonamides is 1. The van der Waals surface area contributed by atoms with E-state index in [9.17, 15) is 18.0 Å². The summed E-state index contributed by atoms with van der Waals surface area (Å²) in [7, 11) is -3.67. The maximum absolute atomic E-state index is 12.1. The molecule has 0 aliphatic heterocycles. The summed E-state index contributed by atoms with van der Waals surface area (Å²) in [5, 5.41) is 5.23. The van der Waals surface area contributed by atoms with Gasteiger partial charge in [-0.25, -0.2) is 13.1 Å². The second-order valence-electron chi connectivity index (χ2n) is 6.75. The summed E-state index contributed by atoms with van der Waals surface area (Å²) in [5.74, 6) is -0.124. The smallest absolute Gasteiger partial charge is 0.243 e. The summed E-state index contributed by atoms with van der Waals surface area (Å²) >= 11 is 0. The second-order valence-corrected chi connectivity index (χ2v) is 8.51. The van der Waals surface area contributed by atoms with Crippen molar-refractivity contribution in [3.63, 3.8) is 0 Å². The molecule has 10 heteroatoms. The van der Waals surface area contributed by atoms with E-state index in [-0.39, 0.29) is 42.8 Å². The average Bonchev–Trinajstić information content (AvgIpc) is 2.66. The van der Waals surface area contributed by atoms with Gasteiger partial charge in [-0.15, -0.1) is 12.4 Å². The zero-order valence-electron chi connectivity index (χ0n) is 15.8. The van der Waals surface area contributed by atoms with Gasteiger partial charge >= 0.3 is 0 Å². The Kier molecular flexibility index (Phi) is 10.4. The third-order valence-electron chi connectivity index (χ3n) is 4.51. The minimum atomic E-state index is -3.67. The van der Waals surface area contributed by atoms with E-state index in [2.05, 4.69) is 15.4 Å². The van der Waals surface area contributed by atoms with Crippen molar-refractivity contribution in [2.75, 3.05) is 25.0 Å². The van der Waals surface area contributed by atoms with Crippen LogP contribution in [-0.2, 0) is 19.6 Å². The molecule has 1 fully saturated rings. The van der Waals surface area contributed by atoms with Gasteiger partial charge in [0.25, 0.3) is 0 Å². The maximum atomic E-state index is 12.1. The summed E-state index contributed by atoms with van der Waals surface area (Å²) in [4.78, 5) is 24.0. The average molecular weight is 433 g/mol. The molecule has 0 atom stereocenters. The minimum Gasteiger partial charge on any atom is -0.347 e. The van der Waals surface area contributed by atoms with Gasteiger partial charge in [0, 0.05) is 25.2 Å². The van der Waals surface area contributed by atoms with E-state index in [1.807, 2.05) is 0 Å². The van der Waals surface area contributed by atoms with E-state index in [4.69, 9.17) is 5.73 Å². The Labute approximate surface area is 172 Å². The first kappa shape index (κ1) is 24.4. The summed E-state index contributed by atoms with van der Waals surface area (Å²) in [5.41, 5.74) is 5.65. The van der Waals surface area contributed by atoms with E-state index >= 15 is 0 Å². The molecule has 0 bridgehead atoms. The SMILES string of the molecule is Cl.NCCNS(=O)(=O)c1cccc(NC(=O)CNC(=O)CC2CCCCC2)c1. The predicted octanol–water partition coefficient (Wildman–Crippen LogP) is 1.37. The number of hydrogen-bond acceptors (Lipinski definition) is 5. The molecule has 5 N–H and O–H groups in total. The number of halogens is 1. The van der Waals surface area contributed by atoms with E-state index < -0.39 is 15.9 Å². The lowest BCUT2D eigenvalue weighted by Crippen LogP contribution is -2.34. The molecule has 0 aromatic heterocycles. The first-order valence-corrected chi connectivity index (χ1v) is 10.8. The van der Waals surface area contributed by atoms with Gasteiger partial charge in [0.05, 0.1) is 11.4 Å². The third kappa shape index (κ3) is 8.14. The normalized spacial score (nSPS) is 14.8. The molecule has 0 saturated heterocycles. The van der Waals surface area contributed by atoms with Crippen molar-refractivity contribution in [1.29, 1.82) is 0 Å². The van der Waals surface area contributed by atoms with Gasteiger partial charge in [0.15, 0.2) is 0 Å². The fourth-order valence-corrected chi connectivity index (χ4v) is 4.22. The van der Waals surface area contributed by atoms with Crippen LogP contribution in [0.3, 0.4) is 0 Å². The molecule has 2 amide bonds. The van der Waals surface area contributed by atoms with Crippen molar-refractivity contribution in [2.45, 2.75) is 43.4 Å². The minimum absolute atomic E-state index is 0. The van der Waals surface area contributed by atoms with Crippen molar-refractivity contribution in [1.82, 2.24) is 10.0 Å². The molecule has 1 saturated carbocycles. The zero-order valence-corrected chi connectivity index (χ0v) is 17.4. The van der Waals surface area contributed by atoms with Gasteiger partial charge in [-0.05, 0) is 37.0 Å². The Morgan fingerprint density at radius 1 is 1.11 bits per heavy atom. The van der Waals surface area contributed by atoms with Gasteiger partial charge in [0.2, 0.25) is 21.8 Å². The largest absolute Gasteiger partial charge is 0.347 e. The highest BCUT2D eigenvalue weighted by atomic mass is 35.5. The van der Waals surface area contributed by atoms with Crippen LogP contribution in [-0.4, -0.2) is 39.9 Å². The van der Waals surface area contributed by atoms with Crippen molar-refractivity contribution in [3.8, 4) is 0 Å². The number of hydrogen-bond donors (Lipinski definition) is 4. The quantitative estimate of drug-likeness (QED) is 0.468. The number of nitrogens with one attached hydrogen (secondary N) is 3. The molecule has 1 aliphatic rings. The molecule has 2 rings (SSSR count). The first-order valence-electron chi connectivity index (χ1n) is 9.27. The number of rotatable bonds is 9. The zero-order chi connectivity index (χ0) is 19.7. The van der Waals surface area contributed by atoms with E-state index in [0.717, 1.165) is 25.7 Å². The summed E-state index contributed by atoms with van der Waals surface area (Å²) in [6, 6.07) is 5.92. The molecule has 158 valence electrons. The van der Waals surface area contributed by atoms with Crippen LogP contribution in [0.4, 0.5) is 5.69 Å². The predicted molar refractivity (Wildman–Crippen MR) is 111 cm³/mol. The van der Waals surface area contributed by atoms with Crippen molar-refractivity contribution in [3.05, 3.63) is 24.3 Å². The number of anilines is 1. The Hall–Kier alpha value is -1.68. The van der Waals surface area contributed by atoms with Crippen molar-refractivity contribution >= 4 is 39.9 Å². The van der Waals surface area contributed by atoms with Crippen LogP contribution < -0.4 is 21.1 Å². The van der Waals surface area contributed by atoms with Crippen LogP contribution in [0.5, 0.6) is 0 Å². The summed E-state index contributed by atoms with van der Waals surface area (Å²) < 4.78 is 26.6. The molecule has 8 nitrogen and oxygen atoms in total. The van der Waals surface area contributed by atoms with Crippen molar-refractivity contribution in [2.24, 2.45) is 11.7 Å². The number of carbonyl (C=O) groups is 2. The van der Waals surface area contributed by atoms with Crippen LogP contribution in [0.2, 0.25) is 0 Å². The third-order valence-corrected chi connectivity index (χ3v) is 5.97. The number of nitrogens with two attached hydrogens (primary N) is 1. The lowest BCUT2D eigenvalue weighted by Gasteiger charge is -2.20. The van der Waals surface area contributed by atoms with Gasteiger partial charge < -0.3 is 16.4 Å². The van der Waals surface area contributed by atoms with E-state index in [1.165, 1.54) is 24.6 Å². The fourth-order valence-electron chi connectivity index (χ4n) is 3.13. The van der Waals surface area contributed by atoms with Crippen LogP contribution in [0, 0.1) is 5.92 Å². The Morgan fingerprint density at radius 2 is 1.82 bits per heavy atom. The first-order chi connectivity index (χ1) is 12.9. The lowest BCUT2D eigenvalue weighted by molar-refractivity contribution is -0.125. The molecule has 0 spiro atoms.